The number of rotatable bonds is 4. The number of aromatic nitrogens is 2. The highest BCUT2D eigenvalue weighted by Crippen LogP contribution is 2.14. The Labute approximate surface area is 140 Å². The van der Waals surface area contributed by atoms with E-state index in [1.807, 2.05) is 44.3 Å². The Morgan fingerprint density at radius 2 is 2.04 bits per heavy atom. The summed E-state index contributed by atoms with van der Waals surface area (Å²) in [6.07, 6.45) is 0.375. The molecule has 0 aliphatic rings. The SMILES string of the molecule is Cc1c(NC(=S)N(C)CCC#N)c(=O)n(-c2ccccc2)n1C. The van der Waals surface area contributed by atoms with Gasteiger partial charge in [-0.2, -0.15) is 5.26 Å². The second-order valence-corrected chi connectivity index (χ2v) is 5.58. The number of benzene rings is 1. The van der Waals surface area contributed by atoms with Gasteiger partial charge in [-0.1, -0.05) is 18.2 Å². The van der Waals surface area contributed by atoms with Crippen molar-refractivity contribution in [3.63, 3.8) is 0 Å². The normalized spacial score (nSPS) is 10.2. The molecule has 2 aromatic rings. The number of anilines is 1. The molecule has 6 nitrogen and oxygen atoms in total. The largest absolute Gasteiger partial charge is 0.351 e. The zero-order valence-corrected chi connectivity index (χ0v) is 14.2. The van der Waals surface area contributed by atoms with Crippen molar-refractivity contribution >= 4 is 23.0 Å². The van der Waals surface area contributed by atoms with Crippen LogP contribution in [0.1, 0.15) is 12.1 Å². The second-order valence-electron chi connectivity index (χ2n) is 5.20. The maximum absolute atomic E-state index is 12.7. The van der Waals surface area contributed by atoms with Crippen LogP contribution in [0.5, 0.6) is 0 Å². The van der Waals surface area contributed by atoms with Crippen molar-refractivity contribution in [3.8, 4) is 11.8 Å². The standard InChI is InChI=1S/C16H19N5OS/c1-12-14(18-16(23)19(2)11-7-10-17)15(22)21(20(12)3)13-8-5-4-6-9-13/h4-6,8-9H,7,11H2,1-3H3,(H,18,23). The van der Waals surface area contributed by atoms with Crippen molar-refractivity contribution in [2.75, 3.05) is 18.9 Å². The van der Waals surface area contributed by atoms with Crippen LogP contribution >= 0.6 is 12.2 Å². The van der Waals surface area contributed by atoms with Crippen molar-refractivity contribution < 1.29 is 0 Å². The quantitative estimate of drug-likeness (QED) is 0.870. The van der Waals surface area contributed by atoms with Crippen LogP contribution in [0.2, 0.25) is 0 Å². The molecule has 0 spiro atoms. The maximum Gasteiger partial charge on any atom is 0.295 e. The average molecular weight is 329 g/mol. The van der Waals surface area contributed by atoms with E-state index in [0.29, 0.717) is 23.8 Å². The summed E-state index contributed by atoms with van der Waals surface area (Å²) in [6, 6.07) is 11.5. The van der Waals surface area contributed by atoms with Gasteiger partial charge >= 0.3 is 0 Å². The number of hydrogen-bond donors (Lipinski definition) is 1. The van der Waals surface area contributed by atoms with E-state index in [4.69, 9.17) is 17.5 Å². The van der Waals surface area contributed by atoms with E-state index in [-0.39, 0.29) is 5.56 Å². The molecule has 1 aromatic heterocycles. The lowest BCUT2D eigenvalue weighted by atomic mass is 10.3. The Morgan fingerprint density at radius 3 is 2.65 bits per heavy atom. The molecule has 0 amide bonds. The van der Waals surface area contributed by atoms with Crippen molar-refractivity contribution in [1.29, 1.82) is 5.26 Å². The third kappa shape index (κ3) is 3.43. The number of para-hydroxylation sites is 1. The van der Waals surface area contributed by atoms with Gasteiger partial charge in [0.15, 0.2) is 5.11 Å². The minimum absolute atomic E-state index is 0.160. The monoisotopic (exact) mass is 329 g/mol. The topological polar surface area (TPSA) is 66.0 Å². The molecule has 0 aliphatic heterocycles. The summed E-state index contributed by atoms with van der Waals surface area (Å²) >= 11 is 5.31. The molecule has 7 heteroatoms. The van der Waals surface area contributed by atoms with E-state index in [1.165, 1.54) is 0 Å². The van der Waals surface area contributed by atoms with Gasteiger partial charge in [-0.05, 0) is 31.3 Å². The number of thiocarbonyl (C=S) groups is 1. The highest BCUT2D eigenvalue weighted by molar-refractivity contribution is 7.80. The van der Waals surface area contributed by atoms with Crippen LogP contribution in [0.3, 0.4) is 0 Å². The van der Waals surface area contributed by atoms with Crippen molar-refractivity contribution in [2.45, 2.75) is 13.3 Å². The van der Waals surface area contributed by atoms with Crippen LogP contribution in [-0.2, 0) is 7.05 Å². The molecule has 0 unspecified atom stereocenters. The summed E-state index contributed by atoms with van der Waals surface area (Å²) in [4.78, 5) is 14.5. The molecule has 0 aliphatic carbocycles. The van der Waals surface area contributed by atoms with Crippen molar-refractivity contribution in [3.05, 3.63) is 46.4 Å². The van der Waals surface area contributed by atoms with E-state index in [1.54, 1.807) is 21.3 Å². The highest BCUT2D eigenvalue weighted by Gasteiger charge is 2.17. The van der Waals surface area contributed by atoms with Gasteiger partial charge < -0.3 is 10.2 Å². The molecule has 0 saturated carbocycles. The second kappa shape index (κ2) is 7.11. The molecule has 1 N–H and O–H groups in total. The number of nitriles is 1. The van der Waals surface area contributed by atoms with Gasteiger partial charge in [-0.3, -0.25) is 9.48 Å². The molecule has 0 atom stereocenters. The Hall–Kier alpha value is -2.59. The summed E-state index contributed by atoms with van der Waals surface area (Å²) in [6.45, 7) is 2.38. The Balaban J connectivity index is 2.33. The molecular weight excluding hydrogens is 310 g/mol. The van der Waals surface area contributed by atoms with Crippen LogP contribution in [0.4, 0.5) is 5.69 Å². The lowest BCUT2D eigenvalue weighted by Crippen LogP contribution is -2.33. The summed E-state index contributed by atoms with van der Waals surface area (Å²) in [7, 11) is 3.62. The van der Waals surface area contributed by atoms with E-state index in [0.717, 1.165) is 11.4 Å². The van der Waals surface area contributed by atoms with Gasteiger partial charge in [0.25, 0.3) is 5.56 Å². The molecule has 23 heavy (non-hydrogen) atoms. The van der Waals surface area contributed by atoms with Gasteiger partial charge in [-0.15, -0.1) is 0 Å². The van der Waals surface area contributed by atoms with Crippen molar-refractivity contribution in [2.24, 2.45) is 7.05 Å². The minimum atomic E-state index is -0.160. The lowest BCUT2D eigenvalue weighted by Gasteiger charge is -2.19. The van der Waals surface area contributed by atoms with E-state index in [9.17, 15) is 4.79 Å². The summed E-state index contributed by atoms with van der Waals surface area (Å²) in [5.74, 6) is 0. The Morgan fingerprint density at radius 1 is 1.39 bits per heavy atom. The first-order chi connectivity index (χ1) is 11.0. The van der Waals surface area contributed by atoms with Crippen LogP contribution in [0.25, 0.3) is 5.69 Å². The molecule has 1 heterocycles. The number of hydrogen-bond acceptors (Lipinski definition) is 3. The molecule has 120 valence electrons. The Kier molecular flexibility index (Phi) is 5.19. The molecule has 1 aromatic carbocycles. The van der Waals surface area contributed by atoms with Gasteiger partial charge in [0, 0.05) is 20.6 Å². The average Bonchev–Trinajstić information content (AvgIpc) is 2.77. The number of nitrogens with zero attached hydrogens (tertiary/aromatic N) is 4. The molecule has 0 fully saturated rings. The first kappa shape index (κ1) is 16.8. The van der Waals surface area contributed by atoms with Crippen LogP contribution in [0, 0.1) is 18.3 Å². The fourth-order valence-corrected chi connectivity index (χ4v) is 2.43. The molecular formula is C16H19N5OS. The molecule has 2 rings (SSSR count). The fourth-order valence-electron chi connectivity index (χ4n) is 2.23. The van der Waals surface area contributed by atoms with Gasteiger partial charge in [0.05, 0.1) is 23.9 Å². The highest BCUT2D eigenvalue weighted by atomic mass is 32.1. The lowest BCUT2D eigenvalue weighted by molar-refractivity contribution is 0.523. The molecule has 0 bridgehead atoms. The fraction of sp³-hybridized carbons (Fsp3) is 0.312. The number of nitrogens with one attached hydrogen (secondary N) is 1. The zero-order chi connectivity index (χ0) is 17.0. The van der Waals surface area contributed by atoms with Gasteiger partial charge in [-0.25, -0.2) is 4.68 Å². The molecule has 0 saturated heterocycles. The van der Waals surface area contributed by atoms with E-state index >= 15 is 0 Å². The van der Waals surface area contributed by atoms with E-state index in [2.05, 4.69) is 11.4 Å². The predicted octanol–water partition coefficient (Wildman–Crippen LogP) is 2.03. The van der Waals surface area contributed by atoms with Crippen LogP contribution < -0.4 is 10.9 Å². The predicted molar refractivity (Wildman–Crippen MR) is 94.8 cm³/mol. The van der Waals surface area contributed by atoms with Crippen LogP contribution in [0.15, 0.2) is 35.1 Å². The third-order valence-electron chi connectivity index (χ3n) is 3.69. The Bertz CT molecular complexity index is 800. The summed E-state index contributed by atoms with van der Waals surface area (Å²) < 4.78 is 3.38. The van der Waals surface area contributed by atoms with E-state index < -0.39 is 0 Å². The minimum Gasteiger partial charge on any atom is -0.351 e. The smallest absolute Gasteiger partial charge is 0.295 e. The summed E-state index contributed by atoms with van der Waals surface area (Å²) in [5, 5.41) is 12.1. The maximum atomic E-state index is 12.7. The molecule has 0 radical (unpaired) electrons. The first-order valence-electron chi connectivity index (χ1n) is 7.20. The van der Waals surface area contributed by atoms with Gasteiger partial charge in [0.1, 0.15) is 5.69 Å². The van der Waals surface area contributed by atoms with Crippen LogP contribution in [-0.4, -0.2) is 33.0 Å². The van der Waals surface area contributed by atoms with Gasteiger partial charge in [0.2, 0.25) is 0 Å². The summed E-state index contributed by atoms with van der Waals surface area (Å²) in [5.41, 5.74) is 1.87. The zero-order valence-electron chi connectivity index (χ0n) is 13.4. The van der Waals surface area contributed by atoms with Crippen molar-refractivity contribution in [1.82, 2.24) is 14.3 Å². The third-order valence-corrected chi connectivity index (χ3v) is 4.11. The first-order valence-corrected chi connectivity index (χ1v) is 7.61.